The van der Waals surface area contributed by atoms with Gasteiger partial charge in [-0.25, -0.2) is 0 Å². The van der Waals surface area contributed by atoms with E-state index in [4.69, 9.17) is 5.73 Å². The molecule has 18 heavy (non-hydrogen) atoms. The molecule has 0 amide bonds. The Morgan fingerprint density at radius 3 is 2.89 bits per heavy atom. The number of nitriles is 1. The number of hydrogen-bond acceptors (Lipinski definition) is 5. The van der Waals surface area contributed by atoms with Crippen molar-refractivity contribution in [1.29, 1.82) is 5.26 Å². The van der Waals surface area contributed by atoms with E-state index >= 15 is 0 Å². The third-order valence-corrected chi connectivity index (χ3v) is 5.22. The summed E-state index contributed by atoms with van der Waals surface area (Å²) in [6.07, 6.45) is 7.85. The molecule has 1 aliphatic heterocycles. The summed E-state index contributed by atoms with van der Waals surface area (Å²) in [6, 6.07) is 2.83. The van der Waals surface area contributed by atoms with Crippen LogP contribution in [0.2, 0.25) is 0 Å². The highest BCUT2D eigenvalue weighted by atomic mass is 32.1. The first kappa shape index (κ1) is 11.8. The molecular weight excluding hydrogens is 244 g/mol. The lowest BCUT2D eigenvalue weighted by atomic mass is 9.78. The van der Waals surface area contributed by atoms with E-state index in [1.807, 2.05) is 0 Å². The van der Waals surface area contributed by atoms with Gasteiger partial charge >= 0.3 is 0 Å². The zero-order chi connectivity index (χ0) is 12.5. The minimum Gasteiger partial charge on any atom is -0.382 e. The van der Waals surface area contributed by atoms with Crippen LogP contribution >= 0.6 is 11.5 Å². The average molecular weight is 262 g/mol. The van der Waals surface area contributed by atoms with Crippen molar-refractivity contribution in [3.63, 3.8) is 0 Å². The number of fused-ring (bicyclic) bond motifs is 1. The number of aromatic nitrogens is 1. The molecule has 2 aliphatic rings. The quantitative estimate of drug-likeness (QED) is 0.845. The lowest BCUT2D eigenvalue weighted by Gasteiger charge is -2.44. The Kier molecular flexibility index (Phi) is 3.13. The predicted molar refractivity (Wildman–Crippen MR) is 73.6 cm³/mol. The largest absolute Gasteiger partial charge is 0.382 e. The Hall–Kier alpha value is -1.28. The van der Waals surface area contributed by atoms with Crippen LogP contribution in [0.1, 0.15) is 44.1 Å². The van der Waals surface area contributed by atoms with Crippen LogP contribution in [0.5, 0.6) is 0 Å². The lowest BCUT2D eigenvalue weighted by Crippen LogP contribution is -2.46. The van der Waals surface area contributed by atoms with Crippen molar-refractivity contribution in [3.8, 4) is 6.07 Å². The molecule has 0 unspecified atom stereocenters. The third-order valence-electron chi connectivity index (χ3n) is 4.32. The van der Waals surface area contributed by atoms with Crippen LogP contribution in [0, 0.1) is 17.2 Å². The first-order valence-electron chi connectivity index (χ1n) is 6.73. The summed E-state index contributed by atoms with van der Waals surface area (Å²) >= 11 is 1.39. The van der Waals surface area contributed by atoms with Gasteiger partial charge in [-0.3, -0.25) is 0 Å². The molecule has 4 nitrogen and oxygen atoms in total. The molecule has 3 rings (SSSR count). The normalized spacial score (nSPS) is 27.6. The van der Waals surface area contributed by atoms with Gasteiger partial charge in [-0.15, -0.1) is 0 Å². The molecule has 0 spiro atoms. The molecule has 2 N–H and O–H groups in total. The maximum absolute atomic E-state index is 9.22. The van der Waals surface area contributed by atoms with E-state index in [1.54, 1.807) is 0 Å². The van der Waals surface area contributed by atoms with Gasteiger partial charge in [-0.1, -0.05) is 12.8 Å². The number of nitrogen functional groups attached to an aromatic ring is 1. The Bertz CT molecular complexity index is 474. The number of piperidine rings is 1. The molecule has 1 saturated heterocycles. The molecule has 0 bridgehead atoms. The topological polar surface area (TPSA) is 65.9 Å². The fourth-order valence-corrected chi connectivity index (χ4v) is 4.32. The van der Waals surface area contributed by atoms with Crippen LogP contribution in [0.15, 0.2) is 0 Å². The van der Waals surface area contributed by atoms with Crippen molar-refractivity contribution >= 4 is 22.4 Å². The predicted octanol–water partition coefficient (Wildman–Crippen LogP) is 2.76. The van der Waals surface area contributed by atoms with Crippen molar-refractivity contribution in [3.05, 3.63) is 5.56 Å². The van der Waals surface area contributed by atoms with Crippen molar-refractivity contribution < 1.29 is 0 Å². The van der Waals surface area contributed by atoms with Gasteiger partial charge in [0.2, 0.25) is 0 Å². The number of anilines is 2. The molecule has 2 heterocycles. The first-order valence-corrected chi connectivity index (χ1v) is 7.50. The van der Waals surface area contributed by atoms with Crippen LogP contribution in [-0.2, 0) is 0 Å². The summed E-state index contributed by atoms with van der Waals surface area (Å²) in [6.45, 7) is 1.05. The fraction of sp³-hybridized carbons (Fsp3) is 0.692. The molecule has 2 fully saturated rings. The highest BCUT2D eigenvalue weighted by molar-refractivity contribution is 7.10. The van der Waals surface area contributed by atoms with E-state index in [2.05, 4.69) is 15.3 Å². The molecular formula is C13H18N4S. The maximum atomic E-state index is 9.22. The standard InChI is InChI=1S/C13H18N4S/c14-8-10-12(15)16-18-13(10)17-7-3-5-9-4-1-2-6-11(9)17/h9,11H,1-7H2,(H2,15,16)/t9-,11-/m1/s1. The molecule has 0 radical (unpaired) electrons. The van der Waals surface area contributed by atoms with Crippen molar-refractivity contribution in [2.75, 3.05) is 17.2 Å². The summed E-state index contributed by atoms with van der Waals surface area (Å²) in [5.74, 6) is 1.21. The van der Waals surface area contributed by atoms with Gasteiger partial charge in [0.05, 0.1) is 0 Å². The Morgan fingerprint density at radius 1 is 1.28 bits per heavy atom. The molecule has 1 aromatic rings. The molecule has 96 valence electrons. The summed E-state index contributed by atoms with van der Waals surface area (Å²) < 4.78 is 4.16. The van der Waals surface area contributed by atoms with E-state index in [0.29, 0.717) is 17.4 Å². The summed E-state index contributed by atoms with van der Waals surface area (Å²) in [4.78, 5) is 2.42. The van der Waals surface area contributed by atoms with Crippen molar-refractivity contribution in [1.82, 2.24) is 4.37 Å². The summed E-state index contributed by atoms with van der Waals surface area (Å²) in [5.41, 5.74) is 6.37. The average Bonchev–Trinajstić information content (AvgIpc) is 2.79. The van der Waals surface area contributed by atoms with Gasteiger partial charge in [0.25, 0.3) is 0 Å². The zero-order valence-electron chi connectivity index (χ0n) is 10.4. The monoisotopic (exact) mass is 262 g/mol. The van der Waals surface area contributed by atoms with E-state index in [0.717, 1.165) is 17.5 Å². The SMILES string of the molecule is N#Cc1c(N)nsc1N1CCC[C@H]2CCCC[C@H]21. The van der Waals surface area contributed by atoms with Crippen molar-refractivity contribution in [2.45, 2.75) is 44.6 Å². The van der Waals surface area contributed by atoms with E-state index in [-0.39, 0.29) is 0 Å². The molecule has 2 atom stereocenters. The van der Waals surface area contributed by atoms with Crippen LogP contribution in [0.4, 0.5) is 10.8 Å². The first-order chi connectivity index (χ1) is 8.81. The molecule has 5 heteroatoms. The van der Waals surface area contributed by atoms with Gasteiger partial charge in [0.1, 0.15) is 16.6 Å². The fourth-order valence-electron chi connectivity index (χ4n) is 3.47. The van der Waals surface area contributed by atoms with Gasteiger partial charge in [-0.05, 0) is 43.1 Å². The second kappa shape index (κ2) is 4.77. The maximum Gasteiger partial charge on any atom is 0.157 e. The molecule has 1 aliphatic carbocycles. The summed E-state index contributed by atoms with van der Waals surface area (Å²) in [5, 5.41) is 10.2. The molecule has 1 aromatic heterocycles. The van der Waals surface area contributed by atoms with Crippen LogP contribution in [0.3, 0.4) is 0 Å². The van der Waals surface area contributed by atoms with Gasteiger partial charge in [0, 0.05) is 12.6 Å². The van der Waals surface area contributed by atoms with Crippen molar-refractivity contribution in [2.24, 2.45) is 5.92 Å². The smallest absolute Gasteiger partial charge is 0.157 e. The minimum absolute atomic E-state index is 0.399. The second-order valence-electron chi connectivity index (χ2n) is 5.31. The van der Waals surface area contributed by atoms with Crippen LogP contribution < -0.4 is 10.6 Å². The second-order valence-corrected chi connectivity index (χ2v) is 6.06. The minimum atomic E-state index is 0.399. The van der Waals surface area contributed by atoms with E-state index in [9.17, 15) is 5.26 Å². The zero-order valence-corrected chi connectivity index (χ0v) is 11.2. The van der Waals surface area contributed by atoms with Crippen LogP contribution in [0.25, 0.3) is 0 Å². The Morgan fingerprint density at radius 2 is 2.06 bits per heavy atom. The van der Waals surface area contributed by atoms with Gasteiger partial charge < -0.3 is 10.6 Å². The Labute approximate surface area is 112 Å². The highest BCUT2D eigenvalue weighted by Gasteiger charge is 2.35. The number of rotatable bonds is 1. The van der Waals surface area contributed by atoms with Gasteiger partial charge in [0.15, 0.2) is 5.82 Å². The lowest BCUT2D eigenvalue weighted by molar-refractivity contribution is 0.244. The van der Waals surface area contributed by atoms with Crippen LogP contribution in [-0.4, -0.2) is 17.0 Å². The highest BCUT2D eigenvalue weighted by Crippen LogP contribution is 2.41. The number of nitrogens with two attached hydrogens (primary N) is 1. The number of nitrogens with zero attached hydrogens (tertiary/aromatic N) is 3. The molecule has 1 saturated carbocycles. The van der Waals surface area contributed by atoms with Gasteiger partial charge in [-0.2, -0.15) is 9.64 Å². The number of hydrogen-bond donors (Lipinski definition) is 1. The Balaban J connectivity index is 1.92. The third kappa shape index (κ3) is 1.85. The van der Waals surface area contributed by atoms with E-state index in [1.165, 1.54) is 50.1 Å². The van der Waals surface area contributed by atoms with E-state index < -0.39 is 0 Å². The molecule has 0 aromatic carbocycles. The summed E-state index contributed by atoms with van der Waals surface area (Å²) in [7, 11) is 0.